The number of aryl methyl sites for hydroxylation is 1. The van der Waals surface area contributed by atoms with Crippen LogP contribution >= 0.6 is 0 Å². The summed E-state index contributed by atoms with van der Waals surface area (Å²) in [5.41, 5.74) is 0.337. The van der Waals surface area contributed by atoms with Crippen LogP contribution in [-0.4, -0.2) is 63.2 Å². The zero-order chi connectivity index (χ0) is 17.4. The molecule has 1 heterocycles. The molecule has 0 amide bonds. The zero-order valence-electron chi connectivity index (χ0n) is 13.7. The van der Waals surface area contributed by atoms with Crippen LogP contribution in [0.15, 0.2) is 23.1 Å². The van der Waals surface area contributed by atoms with E-state index in [0.29, 0.717) is 0 Å². The van der Waals surface area contributed by atoms with Gasteiger partial charge in [0.1, 0.15) is 0 Å². The Labute approximate surface area is 136 Å². The fourth-order valence-corrected chi connectivity index (χ4v) is 4.19. The molecule has 1 aliphatic heterocycles. The van der Waals surface area contributed by atoms with E-state index >= 15 is 0 Å². The van der Waals surface area contributed by atoms with Crippen molar-refractivity contribution in [2.24, 2.45) is 0 Å². The maximum absolute atomic E-state index is 12.7. The molecule has 1 N–H and O–H groups in total. The van der Waals surface area contributed by atoms with Crippen LogP contribution in [0.5, 0.6) is 0 Å². The number of nitrogens with zero attached hydrogens (tertiary/aromatic N) is 2. The van der Waals surface area contributed by atoms with E-state index in [9.17, 15) is 18.3 Å². The second-order valence-corrected chi connectivity index (χ2v) is 7.79. The molecule has 1 aliphatic rings. The SMILES string of the molecule is CCOC1(C(=O)O)CN(S(=O)(=O)c2ccc(C)c(N(C)C)c2)C1. The lowest BCUT2D eigenvalue weighted by atomic mass is 9.97. The van der Waals surface area contributed by atoms with Crippen LogP contribution in [0.1, 0.15) is 12.5 Å². The minimum Gasteiger partial charge on any atom is -0.479 e. The van der Waals surface area contributed by atoms with E-state index in [0.717, 1.165) is 15.6 Å². The van der Waals surface area contributed by atoms with Gasteiger partial charge in [0, 0.05) is 26.4 Å². The fourth-order valence-electron chi connectivity index (χ4n) is 2.64. The third-order valence-electron chi connectivity index (χ3n) is 3.97. The molecular formula is C15H22N2O5S. The van der Waals surface area contributed by atoms with Crippen molar-refractivity contribution < 1.29 is 23.1 Å². The Bertz CT molecular complexity index is 709. The van der Waals surface area contributed by atoms with Crippen molar-refractivity contribution in [3.8, 4) is 0 Å². The number of hydrogen-bond acceptors (Lipinski definition) is 5. The van der Waals surface area contributed by atoms with Crippen LogP contribution in [0.3, 0.4) is 0 Å². The Morgan fingerprint density at radius 1 is 1.39 bits per heavy atom. The van der Waals surface area contributed by atoms with Crippen molar-refractivity contribution in [2.45, 2.75) is 24.3 Å². The van der Waals surface area contributed by atoms with Gasteiger partial charge in [-0.2, -0.15) is 4.31 Å². The Hall–Kier alpha value is -1.64. The first kappa shape index (κ1) is 17.7. The van der Waals surface area contributed by atoms with Gasteiger partial charge in [-0.05, 0) is 31.5 Å². The highest BCUT2D eigenvalue weighted by Crippen LogP contribution is 2.33. The number of sulfonamides is 1. The van der Waals surface area contributed by atoms with E-state index in [1.807, 2.05) is 25.9 Å². The molecule has 23 heavy (non-hydrogen) atoms. The third-order valence-corrected chi connectivity index (χ3v) is 5.76. The summed E-state index contributed by atoms with van der Waals surface area (Å²) in [4.78, 5) is 13.3. The predicted molar refractivity (Wildman–Crippen MR) is 86.3 cm³/mol. The van der Waals surface area contributed by atoms with Crippen LogP contribution < -0.4 is 4.90 Å². The van der Waals surface area contributed by atoms with Gasteiger partial charge in [0.25, 0.3) is 0 Å². The van der Waals surface area contributed by atoms with Gasteiger partial charge in [-0.1, -0.05) is 6.07 Å². The molecule has 1 aromatic carbocycles. The molecule has 0 atom stereocenters. The monoisotopic (exact) mass is 342 g/mol. The van der Waals surface area contributed by atoms with E-state index in [1.54, 1.807) is 25.1 Å². The van der Waals surface area contributed by atoms with Crippen LogP contribution in [0, 0.1) is 6.92 Å². The van der Waals surface area contributed by atoms with Gasteiger partial charge in [-0.15, -0.1) is 0 Å². The summed E-state index contributed by atoms with van der Waals surface area (Å²) in [7, 11) is -0.0542. The summed E-state index contributed by atoms with van der Waals surface area (Å²) < 4.78 is 31.7. The lowest BCUT2D eigenvalue weighted by molar-refractivity contribution is -0.181. The quantitative estimate of drug-likeness (QED) is 0.827. The van der Waals surface area contributed by atoms with Gasteiger partial charge in [0.05, 0.1) is 18.0 Å². The standard InChI is InChI=1S/C15H22N2O5S/c1-5-22-15(14(18)19)9-17(10-15)23(20,21)12-7-6-11(2)13(8-12)16(3)4/h6-8H,5,9-10H2,1-4H3,(H,18,19). The summed E-state index contributed by atoms with van der Waals surface area (Å²) in [5.74, 6) is -1.14. The number of carbonyl (C=O) groups is 1. The van der Waals surface area contributed by atoms with Gasteiger partial charge in [-0.25, -0.2) is 13.2 Å². The molecule has 7 nitrogen and oxygen atoms in total. The van der Waals surface area contributed by atoms with E-state index in [1.165, 1.54) is 0 Å². The topological polar surface area (TPSA) is 87.1 Å². The summed E-state index contributed by atoms with van der Waals surface area (Å²) >= 11 is 0. The van der Waals surface area contributed by atoms with Crippen molar-refractivity contribution >= 4 is 21.7 Å². The Morgan fingerprint density at radius 2 is 2.00 bits per heavy atom. The zero-order valence-corrected chi connectivity index (χ0v) is 14.6. The number of aliphatic carboxylic acids is 1. The fraction of sp³-hybridized carbons (Fsp3) is 0.533. The minimum atomic E-state index is -3.73. The number of benzene rings is 1. The smallest absolute Gasteiger partial charge is 0.338 e. The molecule has 2 rings (SSSR count). The van der Waals surface area contributed by atoms with Gasteiger partial charge < -0.3 is 14.7 Å². The molecule has 1 fully saturated rings. The molecule has 0 spiro atoms. The molecule has 0 aliphatic carbocycles. The summed E-state index contributed by atoms with van der Waals surface area (Å²) in [6.45, 7) is 3.45. The Balaban J connectivity index is 2.28. The maximum Gasteiger partial charge on any atom is 0.338 e. The van der Waals surface area contributed by atoms with Crippen molar-refractivity contribution in [3.05, 3.63) is 23.8 Å². The van der Waals surface area contributed by atoms with Crippen LogP contribution in [0.25, 0.3) is 0 Å². The van der Waals surface area contributed by atoms with Crippen LogP contribution in [0.4, 0.5) is 5.69 Å². The molecular weight excluding hydrogens is 320 g/mol. The third kappa shape index (κ3) is 3.06. The van der Waals surface area contributed by atoms with Gasteiger partial charge >= 0.3 is 5.97 Å². The number of carboxylic acids is 1. The van der Waals surface area contributed by atoms with Crippen molar-refractivity contribution in [1.29, 1.82) is 0 Å². The molecule has 1 aromatic rings. The van der Waals surface area contributed by atoms with Crippen LogP contribution in [-0.2, 0) is 19.6 Å². The predicted octanol–water partition coefficient (Wildman–Crippen LogP) is 0.925. The van der Waals surface area contributed by atoms with Gasteiger partial charge in [-0.3, -0.25) is 0 Å². The Kier molecular flexibility index (Phi) is 4.70. The number of carboxylic acid groups (broad SMARTS) is 1. The molecule has 0 radical (unpaired) electrons. The van der Waals surface area contributed by atoms with E-state index in [2.05, 4.69) is 0 Å². The van der Waals surface area contributed by atoms with E-state index < -0.39 is 21.6 Å². The number of hydrogen-bond donors (Lipinski definition) is 1. The van der Waals surface area contributed by atoms with Crippen molar-refractivity contribution in [3.63, 3.8) is 0 Å². The first-order valence-corrected chi connectivity index (χ1v) is 8.73. The normalized spacial score (nSPS) is 17.6. The number of ether oxygens (including phenoxy) is 1. The molecule has 0 unspecified atom stereocenters. The average Bonchev–Trinajstić information content (AvgIpc) is 2.41. The first-order valence-electron chi connectivity index (χ1n) is 7.29. The average molecular weight is 342 g/mol. The second-order valence-electron chi connectivity index (χ2n) is 5.85. The number of anilines is 1. The summed E-state index contributed by atoms with van der Waals surface area (Å²) in [5, 5.41) is 9.27. The largest absolute Gasteiger partial charge is 0.479 e. The Morgan fingerprint density at radius 3 is 2.48 bits per heavy atom. The maximum atomic E-state index is 12.7. The van der Waals surface area contributed by atoms with Crippen LogP contribution in [0.2, 0.25) is 0 Å². The summed E-state index contributed by atoms with van der Waals surface area (Å²) in [6, 6.07) is 4.89. The molecule has 0 aromatic heterocycles. The highest BCUT2D eigenvalue weighted by atomic mass is 32.2. The molecule has 1 saturated heterocycles. The summed E-state index contributed by atoms with van der Waals surface area (Å²) in [6.07, 6.45) is 0. The molecule has 0 saturated carbocycles. The lowest BCUT2D eigenvalue weighted by Crippen LogP contribution is -2.68. The van der Waals surface area contributed by atoms with Gasteiger partial charge in [0.15, 0.2) is 5.60 Å². The van der Waals surface area contributed by atoms with Crippen molar-refractivity contribution in [2.75, 3.05) is 38.7 Å². The lowest BCUT2D eigenvalue weighted by Gasteiger charge is -2.45. The second kappa shape index (κ2) is 6.10. The minimum absolute atomic E-state index is 0.155. The van der Waals surface area contributed by atoms with Gasteiger partial charge in [0.2, 0.25) is 10.0 Å². The van der Waals surface area contributed by atoms with Crippen molar-refractivity contribution in [1.82, 2.24) is 4.31 Å². The number of rotatable bonds is 6. The molecule has 8 heteroatoms. The first-order chi connectivity index (χ1) is 10.6. The van der Waals surface area contributed by atoms with E-state index in [4.69, 9.17) is 4.74 Å². The molecule has 128 valence electrons. The van der Waals surface area contributed by atoms with E-state index in [-0.39, 0.29) is 24.6 Å². The molecule has 0 bridgehead atoms. The highest BCUT2D eigenvalue weighted by Gasteiger charge is 2.55. The highest BCUT2D eigenvalue weighted by molar-refractivity contribution is 7.89.